The number of unbranched alkanes of at least 4 members (excludes halogenated alkanes) is 8. The summed E-state index contributed by atoms with van der Waals surface area (Å²) >= 11 is 0. The number of ether oxygens (including phenoxy) is 2. The van der Waals surface area contributed by atoms with Crippen LogP contribution in [-0.2, 0) is 33.1 Å². The minimum atomic E-state index is -4.48. The first-order chi connectivity index (χ1) is 23.0. The van der Waals surface area contributed by atoms with E-state index in [0.717, 1.165) is 51.4 Å². The van der Waals surface area contributed by atoms with E-state index in [4.69, 9.17) is 9.47 Å². The maximum absolute atomic E-state index is 11.5. The molecule has 0 aliphatic heterocycles. The summed E-state index contributed by atoms with van der Waals surface area (Å²) in [5, 5.41) is 0. The molecule has 0 bridgehead atoms. The van der Waals surface area contributed by atoms with Crippen LogP contribution in [0.4, 0.5) is 0 Å². The molecule has 0 saturated heterocycles. The molecule has 0 unspecified atom stereocenters. The van der Waals surface area contributed by atoms with Crippen molar-refractivity contribution in [1.82, 2.24) is 0 Å². The Labute approximate surface area is 322 Å². The van der Waals surface area contributed by atoms with Crippen molar-refractivity contribution in [3.05, 3.63) is 108 Å². The second-order valence-corrected chi connectivity index (χ2v) is 14.3. The van der Waals surface area contributed by atoms with Gasteiger partial charge in [-0.3, -0.25) is 0 Å². The van der Waals surface area contributed by atoms with Gasteiger partial charge in [-0.2, -0.15) is 0 Å². The van der Waals surface area contributed by atoms with Crippen LogP contribution in [-0.4, -0.2) is 63.7 Å². The third-order valence-electron chi connectivity index (χ3n) is 7.66. The van der Waals surface area contributed by atoms with Crippen molar-refractivity contribution in [2.24, 2.45) is 0 Å². The molecule has 0 N–H and O–H groups in total. The molecular weight excluding hydrogens is 689 g/mol. The van der Waals surface area contributed by atoms with Gasteiger partial charge in [-0.25, -0.2) is 16.8 Å². The topological polar surface area (TPSA) is 133 Å². The van der Waals surface area contributed by atoms with Crippen LogP contribution in [0.3, 0.4) is 0 Å². The van der Waals surface area contributed by atoms with Crippen LogP contribution in [0.1, 0.15) is 89.2 Å². The molecule has 0 aliphatic rings. The van der Waals surface area contributed by atoms with Crippen molar-refractivity contribution >= 4 is 58.0 Å². The average Bonchev–Trinajstić information content (AvgIpc) is 3.05. The van der Waals surface area contributed by atoms with Crippen LogP contribution >= 0.6 is 0 Å². The van der Waals surface area contributed by atoms with Gasteiger partial charge in [0.25, 0.3) is 0 Å². The monoisotopic (exact) mass is 734 g/mol. The molecule has 8 nitrogen and oxygen atoms in total. The number of hydrogen-bond donors (Lipinski definition) is 0. The Hall–Kier alpha value is -2.44. The van der Waals surface area contributed by atoms with Crippen LogP contribution in [0.15, 0.2) is 107 Å². The Morgan fingerprint density at radius 2 is 0.816 bits per heavy atom. The number of para-hydroxylation sites is 2. The van der Waals surface area contributed by atoms with Crippen molar-refractivity contribution in [2.75, 3.05) is 0 Å². The van der Waals surface area contributed by atoms with Gasteiger partial charge in [0.2, 0.25) is 0 Å². The van der Waals surface area contributed by atoms with E-state index in [1.165, 1.54) is 37.1 Å². The zero-order valence-electron chi connectivity index (χ0n) is 28.5. The fourth-order valence-corrected chi connectivity index (χ4v) is 6.64. The summed E-state index contributed by atoms with van der Waals surface area (Å²) < 4.78 is 80.2. The molecule has 4 rings (SSSR count). The summed E-state index contributed by atoms with van der Waals surface area (Å²) in [6, 6.07) is 27.6. The molecule has 0 aromatic heterocycles. The van der Waals surface area contributed by atoms with E-state index in [1.807, 2.05) is 60.7 Å². The summed E-state index contributed by atoms with van der Waals surface area (Å²) in [6.07, 6.45) is 11.8. The fourth-order valence-electron chi connectivity index (χ4n) is 5.20. The minimum Gasteiger partial charge on any atom is -0.744 e. The summed E-state index contributed by atoms with van der Waals surface area (Å²) in [5.74, 6) is 2.42. The molecule has 0 spiro atoms. The Kier molecular flexibility index (Phi) is 19.5. The van der Waals surface area contributed by atoms with Crippen LogP contribution < -0.4 is 9.47 Å². The van der Waals surface area contributed by atoms with Crippen LogP contribution in [0.2, 0.25) is 0 Å². The minimum absolute atomic E-state index is 0. The van der Waals surface area contributed by atoms with E-state index in [-0.39, 0.29) is 47.5 Å². The molecule has 4 aromatic carbocycles. The number of rotatable bonds is 18. The van der Waals surface area contributed by atoms with Gasteiger partial charge in [0.05, 0.1) is 9.79 Å². The van der Waals surface area contributed by atoms with Crippen molar-refractivity contribution < 1.29 is 35.4 Å². The largest absolute Gasteiger partial charge is 2.00 e. The first-order valence-electron chi connectivity index (χ1n) is 16.6. The SMILES string of the molecule is CCCCCCCc1cc(Oc2ccccc2)ccc1S(=O)(=O)[O-].CCCCCCCc1cc(Oc2ccccc2)ccc1S(=O)(=O)[O-].[Ca+2]. The predicted molar refractivity (Wildman–Crippen MR) is 193 cm³/mol. The zero-order valence-corrected chi connectivity index (χ0v) is 32.4. The number of benzene rings is 4. The van der Waals surface area contributed by atoms with Gasteiger partial charge < -0.3 is 18.6 Å². The van der Waals surface area contributed by atoms with E-state index < -0.39 is 20.2 Å². The molecule has 0 atom stereocenters. The smallest absolute Gasteiger partial charge is 0.744 e. The Balaban J connectivity index is 0.000000333. The Morgan fingerprint density at radius 3 is 1.14 bits per heavy atom. The molecule has 0 aliphatic carbocycles. The summed E-state index contributed by atoms with van der Waals surface area (Å²) in [7, 11) is -8.95. The normalized spacial score (nSPS) is 11.2. The third-order valence-corrected chi connectivity index (χ3v) is 9.53. The number of hydrogen-bond acceptors (Lipinski definition) is 8. The average molecular weight is 735 g/mol. The zero-order chi connectivity index (χ0) is 34.8. The molecule has 0 radical (unpaired) electrons. The Bertz CT molecular complexity index is 1620. The maximum Gasteiger partial charge on any atom is 2.00 e. The van der Waals surface area contributed by atoms with Gasteiger partial charge in [-0.05, 0) is 97.5 Å². The van der Waals surface area contributed by atoms with Crippen LogP contribution in [0.5, 0.6) is 23.0 Å². The molecule has 0 fully saturated rings. The fraction of sp³-hybridized carbons (Fsp3) is 0.368. The standard InChI is InChI=1S/2C19H24O4S.Ca/c2*1-2-3-4-5-7-10-16-15-18(13-14-19(16)24(20,21)22)23-17-11-8-6-9-12-17;/h2*6,8-9,11-15H,2-5,7,10H2,1H3,(H,20,21,22);/q;;+2/p-2. The van der Waals surface area contributed by atoms with Gasteiger partial charge in [-0.1, -0.05) is 102 Å². The third kappa shape index (κ3) is 16.0. The van der Waals surface area contributed by atoms with E-state index in [9.17, 15) is 25.9 Å². The molecule has 4 aromatic rings. The first-order valence-corrected chi connectivity index (χ1v) is 19.5. The van der Waals surface area contributed by atoms with E-state index in [1.54, 1.807) is 12.1 Å². The molecular formula is C38H46CaO8S2. The van der Waals surface area contributed by atoms with Crippen molar-refractivity contribution in [3.8, 4) is 23.0 Å². The van der Waals surface area contributed by atoms with Gasteiger partial charge in [0, 0.05) is 0 Å². The summed E-state index contributed by atoms with van der Waals surface area (Å²) in [5.41, 5.74) is 1.07. The van der Waals surface area contributed by atoms with Gasteiger partial charge in [-0.15, -0.1) is 0 Å². The number of aryl methyl sites for hydroxylation is 2. The molecule has 11 heteroatoms. The summed E-state index contributed by atoms with van der Waals surface area (Å²) in [6.45, 7) is 4.29. The summed E-state index contributed by atoms with van der Waals surface area (Å²) in [4.78, 5) is -0.281. The van der Waals surface area contributed by atoms with Crippen LogP contribution in [0, 0.1) is 0 Å². The quantitative estimate of drug-likeness (QED) is 0.0561. The molecule has 49 heavy (non-hydrogen) atoms. The van der Waals surface area contributed by atoms with Gasteiger partial charge in [0.1, 0.15) is 43.2 Å². The molecule has 260 valence electrons. The van der Waals surface area contributed by atoms with E-state index >= 15 is 0 Å². The van der Waals surface area contributed by atoms with Gasteiger partial charge >= 0.3 is 37.7 Å². The maximum atomic E-state index is 11.5. The molecule has 0 saturated carbocycles. The second-order valence-electron chi connectivity index (χ2n) is 11.6. The Morgan fingerprint density at radius 1 is 0.469 bits per heavy atom. The first kappa shape index (κ1) is 42.7. The molecule has 0 heterocycles. The molecule has 0 amide bonds. The second kappa shape index (κ2) is 22.4. The van der Waals surface area contributed by atoms with Crippen molar-refractivity contribution in [3.63, 3.8) is 0 Å². The van der Waals surface area contributed by atoms with Crippen molar-refractivity contribution in [1.29, 1.82) is 0 Å². The van der Waals surface area contributed by atoms with E-state index in [2.05, 4.69) is 13.8 Å². The van der Waals surface area contributed by atoms with Crippen LogP contribution in [0.25, 0.3) is 0 Å². The van der Waals surface area contributed by atoms with Crippen molar-refractivity contribution in [2.45, 2.75) is 101 Å². The van der Waals surface area contributed by atoms with Gasteiger partial charge in [0.15, 0.2) is 0 Å². The predicted octanol–water partition coefficient (Wildman–Crippen LogP) is 9.41. The van der Waals surface area contributed by atoms with E-state index in [0.29, 0.717) is 47.0 Å².